The number of hydrogen-bond donors (Lipinski definition) is 1. The van der Waals surface area contributed by atoms with Crippen LogP contribution in [0.4, 0.5) is 5.69 Å². The third-order valence-electron chi connectivity index (χ3n) is 3.87. The molecule has 3 rings (SSSR count). The van der Waals surface area contributed by atoms with Gasteiger partial charge in [0.1, 0.15) is 6.61 Å². The molecule has 0 radical (unpaired) electrons. The van der Waals surface area contributed by atoms with E-state index in [-0.39, 0.29) is 28.1 Å². The molecule has 11 heteroatoms. The molecule has 2 aromatic carbocycles. The second-order valence-corrected chi connectivity index (χ2v) is 7.03. The SMILES string of the molecule is COC(=O)/C=C1/S/C(=N\N=Cc2ccc(OCc3ccccc3)c([N+](=O)[O-])c2)NC1=O. The summed E-state index contributed by atoms with van der Waals surface area (Å²) in [6.07, 6.45) is 2.35. The maximum absolute atomic E-state index is 11.8. The number of nitrogens with one attached hydrogen (secondary N) is 1. The van der Waals surface area contributed by atoms with Crippen LogP contribution in [0.1, 0.15) is 11.1 Å². The largest absolute Gasteiger partial charge is 0.482 e. The van der Waals surface area contributed by atoms with Gasteiger partial charge >= 0.3 is 11.7 Å². The van der Waals surface area contributed by atoms with Crippen molar-refractivity contribution in [2.24, 2.45) is 10.2 Å². The predicted octanol–water partition coefficient (Wildman–Crippen LogP) is 2.78. The summed E-state index contributed by atoms with van der Waals surface area (Å²) in [6, 6.07) is 13.7. The summed E-state index contributed by atoms with van der Waals surface area (Å²) >= 11 is 0.920. The molecule has 158 valence electrons. The first-order valence-electron chi connectivity index (χ1n) is 8.81. The van der Waals surface area contributed by atoms with Gasteiger partial charge in [-0.15, -0.1) is 5.10 Å². The maximum atomic E-state index is 11.8. The standard InChI is InChI=1S/C20H16N4O6S/c1-29-18(25)10-17-19(26)22-20(31-17)23-21-11-14-7-8-16(15(9-14)24(27)28)30-12-13-5-3-2-4-6-13/h2-11H,12H2,1H3,(H,22,23,26)/b17-10+,21-11?. The normalized spacial score (nSPS) is 16.0. The Balaban J connectivity index is 1.70. The number of carbonyl (C=O) groups is 2. The number of carbonyl (C=O) groups excluding carboxylic acids is 2. The van der Waals surface area contributed by atoms with Gasteiger partial charge in [-0.05, 0) is 29.5 Å². The molecule has 0 atom stereocenters. The van der Waals surface area contributed by atoms with Crippen molar-refractivity contribution in [2.45, 2.75) is 6.61 Å². The predicted molar refractivity (Wildman–Crippen MR) is 115 cm³/mol. The minimum absolute atomic E-state index is 0.122. The van der Waals surface area contributed by atoms with Crippen molar-refractivity contribution in [1.29, 1.82) is 0 Å². The highest BCUT2D eigenvalue weighted by atomic mass is 32.2. The molecule has 0 bridgehead atoms. The lowest BCUT2D eigenvalue weighted by Crippen LogP contribution is -2.19. The Morgan fingerprint density at radius 1 is 1.26 bits per heavy atom. The minimum Gasteiger partial charge on any atom is -0.482 e. The van der Waals surface area contributed by atoms with Crippen molar-refractivity contribution >= 4 is 40.7 Å². The van der Waals surface area contributed by atoms with E-state index < -0.39 is 16.8 Å². The van der Waals surface area contributed by atoms with Gasteiger partial charge in [0.05, 0.1) is 23.2 Å². The highest BCUT2D eigenvalue weighted by Crippen LogP contribution is 2.28. The number of nitro groups is 1. The number of nitro benzene ring substituents is 1. The number of benzene rings is 2. The van der Waals surface area contributed by atoms with Crippen LogP contribution in [0.15, 0.2) is 69.7 Å². The Kier molecular flexibility index (Phi) is 7.12. The van der Waals surface area contributed by atoms with E-state index in [1.165, 1.54) is 25.5 Å². The average Bonchev–Trinajstić information content (AvgIpc) is 3.12. The molecule has 0 spiro atoms. The topological polar surface area (TPSA) is 132 Å². The van der Waals surface area contributed by atoms with Gasteiger partial charge < -0.3 is 9.47 Å². The fourth-order valence-electron chi connectivity index (χ4n) is 2.40. The van der Waals surface area contributed by atoms with Gasteiger partial charge in [0.2, 0.25) is 0 Å². The van der Waals surface area contributed by atoms with Crippen LogP contribution >= 0.6 is 11.8 Å². The van der Waals surface area contributed by atoms with E-state index in [1.54, 1.807) is 6.07 Å². The minimum atomic E-state index is -0.663. The average molecular weight is 440 g/mol. The van der Waals surface area contributed by atoms with Crippen LogP contribution in [-0.2, 0) is 20.9 Å². The van der Waals surface area contributed by atoms with Crippen LogP contribution in [0.25, 0.3) is 0 Å². The fraction of sp³-hybridized carbons (Fsp3) is 0.100. The van der Waals surface area contributed by atoms with Crippen LogP contribution in [0, 0.1) is 10.1 Å². The van der Waals surface area contributed by atoms with Crippen molar-refractivity contribution in [3.8, 4) is 5.75 Å². The zero-order chi connectivity index (χ0) is 22.2. The molecule has 1 N–H and O–H groups in total. The van der Waals surface area contributed by atoms with E-state index >= 15 is 0 Å². The Bertz CT molecular complexity index is 1100. The Morgan fingerprint density at radius 2 is 2.03 bits per heavy atom. The number of amidine groups is 1. The van der Waals surface area contributed by atoms with E-state index in [9.17, 15) is 19.7 Å². The van der Waals surface area contributed by atoms with Gasteiger partial charge in [-0.25, -0.2) is 4.79 Å². The van der Waals surface area contributed by atoms with Crippen molar-refractivity contribution in [2.75, 3.05) is 7.11 Å². The molecule has 1 aliphatic rings. The monoisotopic (exact) mass is 440 g/mol. The van der Waals surface area contributed by atoms with Gasteiger partial charge in [-0.3, -0.25) is 20.2 Å². The summed E-state index contributed by atoms with van der Waals surface area (Å²) in [5, 5.41) is 21.7. The lowest BCUT2D eigenvalue weighted by molar-refractivity contribution is -0.385. The second kappa shape index (κ2) is 10.2. The van der Waals surface area contributed by atoms with Crippen LogP contribution in [0.2, 0.25) is 0 Å². The molecule has 10 nitrogen and oxygen atoms in total. The number of methoxy groups -OCH3 is 1. The van der Waals surface area contributed by atoms with E-state index in [0.717, 1.165) is 23.4 Å². The van der Waals surface area contributed by atoms with E-state index in [4.69, 9.17) is 4.74 Å². The third-order valence-corrected chi connectivity index (χ3v) is 4.77. The van der Waals surface area contributed by atoms with Crippen LogP contribution in [-0.4, -0.2) is 35.3 Å². The summed E-state index contributed by atoms with van der Waals surface area (Å²) in [7, 11) is 1.20. The Labute approximate surface area is 180 Å². The van der Waals surface area contributed by atoms with E-state index in [0.29, 0.717) is 5.56 Å². The molecule has 0 unspecified atom stereocenters. The molecule has 0 aliphatic carbocycles. The zero-order valence-corrected chi connectivity index (χ0v) is 17.0. The second-order valence-electron chi connectivity index (χ2n) is 6.00. The molecule has 1 amide bonds. The molecule has 0 aromatic heterocycles. The number of hydrogen-bond acceptors (Lipinski definition) is 9. The molecular formula is C20H16N4O6S. The highest BCUT2D eigenvalue weighted by molar-refractivity contribution is 8.18. The van der Waals surface area contributed by atoms with Gasteiger partial charge in [0.25, 0.3) is 5.91 Å². The van der Waals surface area contributed by atoms with Gasteiger partial charge in [0, 0.05) is 17.7 Å². The number of thioether (sulfide) groups is 1. The first kappa shape index (κ1) is 21.7. The summed E-state index contributed by atoms with van der Waals surface area (Å²) in [5.74, 6) is -1.03. The van der Waals surface area contributed by atoms with Gasteiger partial charge in [0.15, 0.2) is 10.9 Å². The lowest BCUT2D eigenvalue weighted by atomic mass is 10.2. The third kappa shape index (κ3) is 6.00. The van der Waals surface area contributed by atoms with E-state index in [2.05, 4.69) is 20.3 Å². The lowest BCUT2D eigenvalue weighted by Gasteiger charge is -2.07. The molecule has 1 heterocycles. The fourth-order valence-corrected chi connectivity index (χ4v) is 3.14. The molecular weight excluding hydrogens is 424 g/mol. The molecule has 1 aliphatic heterocycles. The quantitative estimate of drug-likeness (QED) is 0.230. The molecule has 31 heavy (non-hydrogen) atoms. The number of esters is 1. The summed E-state index contributed by atoms with van der Waals surface area (Å²) in [4.78, 5) is 34.0. The summed E-state index contributed by atoms with van der Waals surface area (Å²) in [5.41, 5.74) is 1.09. The first-order chi connectivity index (χ1) is 15.0. The Morgan fingerprint density at radius 3 is 2.74 bits per heavy atom. The number of ether oxygens (including phenoxy) is 2. The van der Waals surface area contributed by atoms with Gasteiger partial charge in [-0.2, -0.15) is 5.10 Å². The number of rotatable bonds is 7. The smallest absolute Gasteiger partial charge is 0.331 e. The van der Waals surface area contributed by atoms with Crippen molar-refractivity contribution in [3.63, 3.8) is 0 Å². The number of nitrogens with zero attached hydrogens (tertiary/aromatic N) is 3. The van der Waals surface area contributed by atoms with Crippen LogP contribution in [0.3, 0.4) is 0 Å². The molecule has 1 fully saturated rings. The zero-order valence-electron chi connectivity index (χ0n) is 16.2. The van der Waals surface area contributed by atoms with Crippen molar-refractivity contribution < 1.29 is 24.0 Å². The van der Waals surface area contributed by atoms with Gasteiger partial charge in [-0.1, -0.05) is 30.3 Å². The molecule has 2 aromatic rings. The van der Waals surface area contributed by atoms with Crippen LogP contribution in [0.5, 0.6) is 5.75 Å². The van der Waals surface area contributed by atoms with Crippen molar-refractivity contribution in [3.05, 3.63) is 80.8 Å². The highest BCUT2D eigenvalue weighted by Gasteiger charge is 2.25. The summed E-state index contributed by atoms with van der Waals surface area (Å²) in [6.45, 7) is 0.196. The number of amides is 1. The maximum Gasteiger partial charge on any atom is 0.331 e. The first-order valence-corrected chi connectivity index (χ1v) is 9.63. The Hall–Kier alpha value is -3.99. The molecule has 0 saturated carbocycles. The van der Waals surface area contributed by atoms with E-state index in [1.807, 2.05) is 30.3 Å². The van der Waals surface area contributed by atoms with Crippen LogP contribution < -0.4 is 10.1 Å². The summed E-state index contributed by atoms with van der Waals surface area (Å²) < 4.78 is 10.1. The van der Waals surface area contributed by atoms with Crippen molar-refractivity contribution in [1.82, 2.24) is 5.32 Å². The molecule has 1 saturated heterocycles.